The predicted molar refractivity (Wildman–Crippen MR) is 86.8 cm³/mol. The van der Waals surface area contributed by atoms with E-state index in [1.165, 1.54) is 16.6 Å². The van der Waals surface area contributed by atoms with Gasteiger partial charge in [0.05, 0.1) is 0 Å². The topological polar surface area (TPSA) is 77.6 Å². The smallest absolute Gasteiger partial charge is 0.222 e. The summed E-state index contributed by atoms with van der Waals surface area (Å²) in [7, 11) is 0. The first-order valence-electron chi connectivity index (χ1n) is 6.61. The number of rotatable bonds is 3. The third-order valence-electron chi connectivity index (χ3n) is 2.92. The molecule has 3 aromatic rings. The Hall–Kier alpha value is -1.73. The number of aryl methyl sites for hydroxylation is 3. The average Bonchev–Trinajstić information content (AvgIpc) is 2.80. The van der Waals surface area contributed by atoms with Crippen LogP contribution in [0, 0.1) is 13.8 Å². The van der Waals surface area contributed by atoms with Crippen LogP contribution in [0.3, 0.4) is 0 Å². The Kier molecular flexibility index (Phi) is 3.77. The summed E-state index contributed by atoms with van der Waals surface area (Å²) in [6.45, 7) is 6.05. The summed E-state index contributed by atoms with van der Waals surface area (Å²) >= 11 is 3.09. The highest BCUT2D eigenvalue weighted by atomic mass is 32.2. The van der Waals surface area contributed by atoms with Gasteiger partial charge in [-0.15, -0.1) is 11.3 Å². The summed E-state index contributed by atoms with van der Waals surface area (Å²) < 4.78 is 0. The molecule has 3 heterocycles. The molecule has 0 aliphatic heterocycles. The van der Waals surface area contributed by atoms with Crippen LogP contribution in [0.1, 0.15) is 23.2 Å². The van der Waals surface area contributed by atoms with E-state index in [9.17, 15) is 0 Å². The van der Waals surface area contributed by atoms with Crippen molar-refractivity contribution in [3.8, 4) is 0 Å². The lowest BCUT2D eigenvalue weighted by molar-refractivity contribution is 0.900. The lowest BCUT2D eigenvalue weighted by Crippen LogP contribution is -1.97. The van der Waals surface area contributed by atoms with E-state index in [0.717, 1.165) is 33.1 Å². The Morgan fingerprint density at radius 2 is 1.81 bits per heavy atom. The first-order valence-corrected chi connectivity index (χ1v) is 8.24. The number of hydrogen-bond donors (Lipinski definition) is 1. The van der Waals surface area contributed by atoms with Gasteiger partial charge < -0.3 is 5.73 Å². The summed E-state index contributed by atoms with van der Waals surface area (Å²) in [6.07, 6.45) is 0.977. The number of nitrogens with zero attached hydrogens (tertiary/aromatic N) is 4. The second-order valence-electron chi connectivity index (χ2n) is 4.71. The molecular formula is C14H15N5S2. The van der Waals surface area contributed by atoms with Crippen LogP contribution in [0.2, 0.25) is 0 Å². The molecule has 2 N–H and O–H groups in total. The van der Waals surface area contributed by atoms with Crippen molar-refractivity contribution >= 4 is 39.3 Å². The molecule has 3 rings (SSSR count). The second kappa shape index (κ2) is 5.57. The van der Waals surface area contributed by atoms with Crippen molar-refractivity contribution in [3.63, 3.8) is 0 Å². The SMILES string of the molecule is CCc1cc2c(Sc3nc(C)cc(C)n3)nc(N)nc2s1. The van der Waals surface area contributed by atoms with Crippen LogP contribution >= 0.6 is 23.1 Å². The summed E-state index contributed by atoms with van der Waals surface area (Å²) in [5, 5.41) is 2.54. The molecule has 0 amide bonds. The van der Waals surface area contributed by atoms with E-state index in [1.54, 1.807) is 11.3 Å². The maximum Gasteiger partial charge on any atom is 0.222 e. The van der Waals surface area contributed by atoms with Gasteiger partial charge in [0.15, 0.2) is 5.16 Å². The third kappa shape index (κ3) is 2.98. The number of thiophene rings is 1. The van der Waals surface area contributed by atoms with Gasteiger partial charge in [0.1, 0.15) is 9.86 Å². The van der Waals surface area contributed by atoms with Gasteiger partial charge in [0.25, 0.3) is 0 Å². The Morgan fingerprint density at radius 1 is 1.10 bits per heavy atom. The Bertz CT molecular complexity index is 792. The lowest BCUT2D eigenvalue weighted by atomic mass is 10.3. The summed E-state index contributed by atoms with van der Waals surface area (Å²) in [5.74, 6) is 0.291. The fraction of sp³-hybridized carbons (Fsp3) is 0.286. The number of fused-ring (bicyclic) bond motifs is 1. The zero-order valence-electron chi connectivity index (χ0n) is 12.0. The van der Waals surface area contributed by atoms with E-state index in [1.807, 2.05) is 19.9 Å². The van der Waals surface area contributed by atoms with Crippen LogP contribution in [-0.2, 0) is 6.42 Å². The maximum atomic E-state index is 5.82. The van der Waals surface area contributed by atoms with Gasteiger partial charge in [-0.1, -0.05) is 6.92 Å². The van der Waals surface area contributed by atoms with Crippen LogP contribution in [0.15, 0.2) is 22.3 Å². The van der Waals surface area contributed by atoms with Crippen molar-refractivity contribution in [1.82, 2.24) is 19.9 Å². The van der Waals surface area contributed by atoms with Gasteiger partial charge in [-0.25, -0.2) is 19.9 Å². The molecule has 0 saturated heterocycles. The molecule has 0 atom stereocenters. The molecule has 5 nitrogen and oxygen atoms in total. The minimum atomic E-state index is 0.291. The average molecular weight is 317 g/mol. The van der Waals surface area contributed by atoms with E-state index >= 15 is 0 Å². The van der Waals surface area contributed by atoms with Crippen LogP contribution in [0.25, 0.3) is 10.2 Å². The number of nitrogen functional groups attached to an aromatic ring is 1. The van der Waals surface area contributed by atoms with Gasteiger partial charge in [-0.2, -0.15) is 0 Å². The highest BCUT2D eigenvalue weighted by molar-refractivity contribution is 7.99. The highest BCUT2D eigenvalue weighted by Crippen LogP contribution is 2.34. The molecule has 21 heavy (non-hydrogen) atoms. The van der Waals surface area contributed by atoms with Crippen LogP contribution in [0.4, 0.5) is 5.95 Å². The van der Waals surface area contributed by atoms with E-state index < -0.39 is 0 Å². The highest BCUT2D eigenvalue weighted by Gasteiger charge is 2.13. The van der Waals surface area contributed by atoms with Gasteiger partial charge in [0.2, 0.25) is 5.95 Å². The number of nitrogens with two attached hydrogens (primary N) is 1. The second-order valence-corrected chi connectivity index (χ2v) is 6.78. The van der Waals surface area contributed by atoms with Gasteiger partial charge in [0, 0.05) is 21.7 Å². The Morgan fingerprint density at radius 3 is 2.48 bits per heavy atom. The van der Waals surface area contributed by atoms with Crippen molar-refractivity contribution in [1.29, 1.82) is 0 Å². The standard InChI is InChI=1S/C14H15N5S2/c1-4-9-6-10-11(20-9)18-13(15)19-12(10)21-14-16-7(2)5-8(3)17-14/h5-6H,4H2,1-3H3,(H2,15,18,19). The fourth-order valence-corrected chi connectivity index (χ4v) is 4.03. The van der Waals surface area contributed by atoms with Gasteiger partial charge in [-0.3, -0.25) is 0 Å². The summed E-state index contributed by atoms with van der Waals surface area (Å²) in [5.41, 5.74) is 7.71. The zero-order chi connectivity index (χ0) is 15.0. The number of anilines is 1. The number of aromatic nitrogens is 4. The normalized spacial score (nSPS) is 11.2. The predicted octanol–water partition coefficient (Wildman–Crippen LogP) is 3.39. The van der Waals surface area contributed by atoms with E-state index in [-0.39, 0.29) is 0 Å². The van der Waals surface area contributed by atoms with E-state index in [4.69, 9.17) is 5.73 Å². The molecule has 0 aliphatic rings. The Balaban J connectivity index is 2.08. The molecule has 108 valence electrons. The van der Waals surface area contributed by atoms with Gasteiger partial charge in [-0.05, 0) is 44.2 Å². The van der Waals surface area contributed by atoms with E-state index in [0.29, 0.717) is 11.1 Å². The molecular weight excluding hydrogens is 302 g/mol. The fourth-order valence-electron chi connectivity index (χ4n) is 2.04. The lowest BCUT2D eigenvalue weighted by Gasteiger charge is -2.04. The molecule has 0 aromatic carbocycles. The van der Waals surface area contributed by atoms with Crippen molar-refractivity contribution in [2.45, 2.75) is 37.4 Å². The van der Waals surface area contributed by atoms with E-state index in [2.05, 4.69) is 32.9 Å². The van der Waals surface area contributed by atoms with Crippen molar-refractivity contribution in [2.24, 2.45) is 0 Å². The summed E-state index contributed by atoms with van der Waals surface area (Å²) in [4.78, 5) is 19.8. The molecule has 0 radical (unpaired) electrons. The van der Waals surface area contributed by atoms with Crippen LogP contribution in [0.5, 0.6) is 0 Å². The third-order valence-corrected chi connectivity index (χ3v) is 4.97. The summed E-state index contributed by atoms with van der Waals surface area (Å²) in [6, 6.07) is 4.08. The first-order chi connectivity index (χ1) is 10.0. The minimum absolute atomic E-state index is 0.291. The Labute approximate surface area is 131 Å². The number of hydrogen-bond acceptors (Lipinski definition) is 7. The van der Waals surface area contributed by atoms with Crippen molar-refractivity contribution < 1.29 is 0 Å². The van der Waals surface area contributed by atoms with Crippen LogP contribution in [-0.4, -0.2) is 19.9 Å². The van der Waals surface area contributed by atoms with Crippen molar-refractivity contribution in [2.75, 3.05) is 5.73 Å². The van der Waals surface area contributed by atoms with Gasteiger partial charge >= 0.3 is 0 Å². The molecule has 0 unspecified atom stereocenters. The molecule has 0 spiro atoms. The maximum absolute atomic E-state index is 5.82. The molecule has 0 aliphatic carbocycles. The first kappa shape index (κ1) is 14.2. The molecule has 0 bridgehead atoms. The van der Waals surface area contributed by atoms with Crippen molar-refractivity contribution in [3.05, 3.63) is 28.4 Å². The van der Waals surface area contributed by atoms with Crippen LogP contribution < -0.4 is 5.73 Å². The molecule has 3 aromatic heterocycles. The minimum Gasteiger partial charge on any atom is -0.368 e. The molecule has 7 heteroatoms. The molecule has 0 saturated carbocycles. The quantitative estimate of drug-likeness (QED) is 0.589. The zero-order valence-corrected chi connectivity index (χ0v) is 13.7. The molecule has 0 fully saturated rings. The monoisotopic (exact) mass is 317 g/mol. The largest absolute Gasteiger partial charge is 0.368 e.